The first-order chi connectivity index (χ1) is 15.5. The van der Waals surface area contributed by atoms with Gasteiger partial charge in [0.05, 0.1) is 15.0 Å². The molecule has 11 heteroatoms. The summed E-state index contributed by atoms with van der Waals surface area (Å²) in [6, 6.07) is 13.8. The van der Waals surface area contributed by atoms with Crippen molar-refractivity contribution in [1.82, 2.24) is 4.90 Å². The predicted molar refractivity (Wildman–Crippen MR) is 134 cm³/mol. The molecule has 0 unspecified atom stereocenters. The molecule has 7 nitrogen and oxygen atoms in total. The van der Waals surface area contributed by atoms with Gasteiger partial charge in [-0.3, -0.25) is 10.1 Å². The smallest absolute Gasteiger partial charge is 0.321 e. The summed E-state index contributed by atoms with van der Waals surface area (Å²) in [6.07, 6.45) is 0. The van der Waals surface area contributed by atoms with E-state index >= 15 is 0 Å². The van der Waals surface area contributed by atoms with E-state index in [4.69, 9.17) is 51.1 Å². The van der Waals surface area contributed by atoms with Gasteiger partial charge in [-0.05, 0) is 48.9 Å². The maximum Gasteiger partial charge on any atom is 0.321 e. The lowest BCUT2D eigenvalue weighted by molar-refractivity contribution is -0.384. The van der Waals surface area contributed by atoms with E-state index in [9.17, 15) is 14.9 Å². The number of aryl methyl sites for hydroxylation is 1. The Morgan fingerprint density at radius 3 is 2.00 bits per heavy atom. The van der Waals surface area contributed by atoms with E-state index in [1.165, 1.54) is 41.3 Å². The van der Waals surface area contributed by atoms with Crippen LogP contribution in [0.25, 0.3) is 0 Å². The van der Waals surface area contributed by atoms with Crippen molar-refractivity contribution in [2.24, 2.45) is 0 Å². The Balaban J connectivity index is 0.000000245. The summed E-state index contributed by atoms with van der Waals surface area (Å²) in [4.78, 5) is 22.8. The average Bonchev–Trinajstić information content (AvgIpc) is 2.74. The zero-order valence-corrected chi connectivity index (χ0v) is 20.8. The number of ether oxygens (including phenoxy) is 1. The van der Waals surface area contributed by atoms with Crippen LogP contribution in [-0.2, 0) is 0 Å². The van der Waals surface area contributed by atoms with Crippen LogP contribution in [0.4, 0.5) is 16.2 Å². The number of nitrogens with one attached hydrogen (secondary N) is 1. The standard InChI is InChI=1S/C12H6Cl3NO3.C10H13ClN2O/c13-7-5-10(14)12(11(15)6-7)19-9-3-1-8(2-4-9)16(17)18;1-7-4-5-8(6-9(7)11)12-10(14)13(2)3/h1-6H;4-6H,1-3H3,(H,12,14). The van der Waals surface area contributed by atoms with Crippen molar-refractivity contribution < 1.29 is 14.5 Å². The van der Waals surface area contributed by atoms with Gasteiger partial charge >= 0.3 is 6.03 Å². The number of non-ortho nitro benzene ring substituents is 1. The number of carbonyl (C=O) groups is 1. The minimum Gasteiger partial charge on any atom is -0.454 e. The molecule has 3 aromatic rings. The molecule has 0 bridgehead atoms. The fourth-order valence-corrected chi connectivity index (χ4v) is 3.36. The third-order valence-corrected chi connectivity index (χ3v) is 5.25. The number of nitrogens with zero attached hydrogens (tertiary/aromatic N) is 2. The normalized spacial score (nSPS) is 10.0. The van der Waals surface area contributed by atoms with Gasteiger partial charge in [0.2, 0.25) is 0 Å². The summed E-state index contributed by atoms with van der Waals surface area (Å²) in [7, 11) is 3.37. The Bertz CT molecular complexity index is 1130. The number of hydrogen-bond acceptors (Lipinski definition) is 4. The van der Waals surface area contributed by atoms with Crippen molar-refractivity contribution in [2.75, 3.05) is 19.4 Å². The molecular weight excluding hydrogens is 512 g/mol. The van der Waals surface area contributed by atoms with Crippen LogP contribution in [0, 0.1) is 17.0 Å². The van der Waals surface area contributed by atoms with Crippen LogP contribution in [0.1, 0.15) is 5.56 Å². The number of urea groups is 1. The second kappa shape index (κ2) is 12.0. The van der Waals surface area contributed by atoms with Gasteiger partial charge in [-0.25, -0.2) is 4.79 Å². The Morgan fingerprint density at radius 1 is 0.939 bits per heavy atom. The Hall–Kier alpha value is -2.71. The third kappa shape index (κ3) is 7.98. The number of benzene rings is 3. The summed E-state index contributed by atoms with van der Waals surface area (Å²) < 4.78 is 5.48. The molecule has 1 N–H and O–H groups in total. The molecule has 0 radical (unpaired) electrons. The molecule has 0 aliphatic heterocycles. The fraction of sp³-hybridized carbons (Fsp3) is 0.136. The van der Waals surface area contributed by atoms with Crippen LogP contribution >= 0.6 is 46.4 Å². The molecular formula is C22H19Cl4N3O4. The van der Waals surface area contributed by atoms with Crippen LogP contribution in [-0.4, -0.2) is 29.9 Å². The first kappa shape index (κ1) is 26.5. The van der Waals surface area contributed by atoms with Gasteiger partial charge in [0.1, 0.15) is 5.75 Å². The van der Waals surface area contributed by atoms with Crippen molar-refractivity contribution in [3.63, 3.8) is 0 Å². The number of rotatable bonds is 4. The molecule has 0 saturated carbocycles. The Morgan fingerprint density at radius 2 is 1.52 bits per heavy atom. The Kier molecular flexibility index (Phi) is 9.61. The molecule has 0 aromatic heterocycles. The molecule has 33 heavy (non-hydrogen) atoms. The molecule has 0 fully saturated rings. The summed E-state index contributed by atoms with van der Waals surface area (Å²) >= 11 is 23.6. The number of halogens is 4. The average molecular weight is 531 g/mol. The van der Waals surface area contributed by atoms with E-state index in [1.807, 2.05) is 19.1 Å². The van der Waals surface area contributed by atoms with Crippen LogP contribution in [0.2, 0.25) is 20.1 Å². The van der Waals surface area contributed by atoms with Crippen molar-refractivity contribution in [2.45, 2.75) is 6.92 Å². The molecule has 3 aromatic carbocycles. The SMILES string of the molecule is Cc1ccc(NC(=O)N(C)C)cc1Cl.O=[N+]([O-])c1ccc(Oc2c(Cl)cc(Cl)cc2Cl)cc1. The van der Waals surface area contributed by atoms with E-state index in [0.717, 1.165) is 5.56 Å². The number of nitro groups is 1. The number of hydrogen-bond donors (Lipinski definition) is 1. The maximum absolute atomic E-state index is 11.3. The van der Waals surface area contributed by atoms with Crippen LogP contribution in [0.5, 0.6) is 11.5 Å². The predicted octanol–water partition coefficient (Wildman–Crippen LogP) is 8.09. The lowest BCUT2D eigenvalue weighted by Gasteiger charge is -2.12. The summed E-state index contributed by atoms with van der Waals surface area (Å²) in [6.45, 7) is 1.92. The van der Waals surface area contributed by atoms with E-state index in [-0.39, 0.29) is 27.5 Å². The number of anilines is 1. The summed E-state index contributed by atoms with van der Waals surface area (Å²) in [5.41, 5.74) is 1.68. The monoisotopic (exact) mass is 529 g/mol. The van der Waals surface area contributed by atoms with Gasteiger partial charge in [-0.15, -0.1) is 0 Å². The van der Waals surface area contributed by atoms with E-state index in [2.05, 4.69) is 5.32 Å². The quantitative estimate of drug-likeness (QED) is 0.273. The van der Waals surface area contributed by atoms with E-state index in [1.54, 1.807) is 20.2 Å². The Labute approximate surface area is 210 Å². The summed E-state index contributed by atoms with van der Waals surface area (Å²) in [5.74, 6) is 0.637. The summed E-state index contributed by atoms with van der Waals surface area (Å²) in [5, 5.41) is 14.8. The molecule has 3 rings (SSSR count). The van der Waals surface area contributed by atoms with Gasteiger partial charge in [0.15, 0.2) is 5.75 Å². The number of carbonyl (C=O) groups excluding carboxylic acids is 1. The second-order valence-electron chi connectivity index (χ2n) is 6.84. The molecule has 0 atom stereocenters. The van der Waals surface area contributed by atoms with E-state index in [0.29, 0.717) is 21.5 Å². The van der Waals surface area contributed by atoms with Crippen molar-refractivity contribution in [3.8, 4) is 11.5 Å². The van der Waals surface area contributed by atoms with Gasteiger partial charge in [0.25, 0.3) is 5.69 Å². The number of amides is 2. The van der Waals surface area contributed by atoms with E-state index < -0.39 is 4.92 Å². The second-order valence-corrected chi connectivity index (χ2v) is 8.50. The van der Waals surface area contributed by atoms with Crippen molar-refractivity contribution in [3.05, 3.63) is 90.4 Å². The zero-order chi connectivity index (χ0) is 24.7. The lowest BCUT2D eigenvalue weighted by atomic mass is 10.2. The van der Waals surface area contributed by atoms with Crippen LogP contribution in [0.3, 0.4) is 0 Å². The molecule has 0 heterocycles. The molecule has 0 aliphatic rings. The van der Waals surface area contributed by atoms with Crippen molar-refractivity contribution >= 4 is 63.8 Å². The highest BCUT2D eigenvalue weighted by Gasteiger charge is 2.11. The molecule has 2 amide bonds. The third-order valence-electron chi connectivity index (χ3n) is 4.06. The highest BCUT2D eigenvalue weighted by atomic mass is 35.5. The van der Waals surface area contributed by atoms with Crippen LogP contribution in [0.15, 0.2) is 54.6 Å². The van der Waals surface area contributed by atoms with Crippen LogP contribution < -0.4 is 10.1 Å². The van der Waals surface area contributed by atoms with Gasteiger partial charge in [-0.1, -0.05) is 52.5 Å². The maximum atomic E-state index is 11.3. The molecule has 0 spiro atoms. The lowest BCUT2D eigenvalue weighted by Crippen LogP contribution is -2.27. The molecule has 0 aliphatic carbocycles. The largest absolute Gasteiger partial charge is 0.454 e. The highest BCUT2D eigenvalue weighted by molar-refractivity contribution is 6.40. The van der Waals surface area contributed by atoms with Gasteiger partial charge in [0, 0.05) is 42.0 Å². The first-order valence-electron chi connectivity index (χ1n) is 9.29. The minimum absolute atomic E-state index is 0.0272. The molecule has 174 valence electrons. The molecule has 0 saturated heterocycles. The topological polar surface area (TPSA) is 84.7 Å². The zero-order valence-electron chi connectivity index (χ0n) is 17.7. The first-order valence-corrected chi connectivity index (χ1v) is 10.8. The fourth-order valence-electron chi connectivity index (χ4n) is 2.29. The van der Waals surface area contributed by atoms with Crippen molar-refractivity contribution in [1.29, 1.82) is 0 Å². The number of nitro benzene ring substituents is 1. The van der Waals surface area contributed by atoms with Gasteiger partial charge < -0.3 is 15.0 Å². The highest BCUT2D eigenvalue weighted by Crippen LogP contribution is 2.38. The minimum atomic E-state index is -0.494. The van der Waals surface area contributed by atoms with Gasteiger partial charge in [-0.2, -0.15) is 0 Å².